The predicted molar refractivity (Wildman–Crippen MR) is 239 cm³/mol. The zero-order chi connectivity index (χ0) is 37.7. The molecule has 0 N–H and O–H groups in total. The number of rotatable bonds is 6. The van der Waals surface area contributed by atoms with Crippen LogP contribution < -0.4 is 0 Å². The fourth-order valence-electron chi connectivity index (χ4n) is 7.72. The second-order valence-corrected chi connectivity index (χ2v) is 14.6. The summed E-state index contributed by atoms with van der Waals surface area (Å²) < 4.78 is 0. The van der Waals surface area contributed by atoms with Crippen LogP contribution in [0.5, 0.6) is 0 Å². The van der Waals surface area contributed by atoms with Gasteiger partial charge in [-0.15, -0.1) is 11.8 Å². The summed E-state index contributed by atoms with van der Waals surface area (Å²) in [4.78, 5) is 16.2. The smallest absolute Gasteiger partial charge is 0.161 e. The number of hydrogen-bond acceptors (Lipinski definition) is 2. The molecule has 55 heavy (non-hydrogen) atoms. The molecular formula is C51H43N3S. The van der Waals surface area contributed by atoms with Gasteiger partial charge in [-0.1, -0.05) is 153 Å². The highest BCUT2D eigenvalue weighted by atomic mass is 32.2. The van der Waals surface area contributed by atoms with E-state index in [-0.39, 0.29) is 0 Å². The molecule has 268 valence electrons. The maximum absolute atomic E-state index is 5.22. The summed E-state index contributed by atoms with van der Waals surface area (Å²) in [6.07, 6.45) is 7.45. The molecule has 0 unspecified atom stereocenters. The van der Waals surface area contributed by atoms with Crippen LogP contribution in [0.25, 0.3) is 49.4 Å². The quantitative estimate of drug-likeness (QED) is 0.124. The second kappa shape index (κ2) is 16.1. The van der Waals surface area contributed by atoms with Gasteiger partial charge in [-0.2, -0.15) is 0 Å². The highest BCUT2D eigenvalue weighted by molar-refractivity contribution is 7.98. The van der Waals surface area contributed by atoms with Gasteiger partial charge in [0.2, 0.25) is 0 Å². The Balaban J connectivity index is 0.00000210. The monoisotopic (exact) mass is 729 g/mol. The van der Waals surface area contributed by atoms with Crippen molar-refractivity contribution in [1.29, 1.82) is 0 Å². The largest absolute Gasteiger partial charge is 0.261 e. The van der Waals surface area contributed by atoms with Crippen LogP contribution in [0.3, 0.4) is 0 Å². The van der Waals surface area contributed by atoms with E-state index in [4.69, 9.17) is 9.98 Å². The topological polar surface area (TPSA) is 37.1 Å². The summed E-state index contributed by atoms with van der Waals surface area (Å²) in [6.45, 7) is 10.5. The van der Waals surface area contributed by atoms with Gasteiger partial charge in [0.05, 0.1) is 6.54 Å². The first-order valence-corrected chi connectivity index (χ1v) is 20.1. The minimum Gasteiger partial charge on any atom is -0.261 e. The van der Waals surface area contributed by atoms with Gasteiger partial charge in [0.15, 0.2) is 11.7 Å². The molecule has 0 radical (unpaired) electrons. The van der Waals surface area contributed by atoms with Crippen molar-refractivity contribution >= 4 is 57.3 Å². The van der Waals surface area contributed by atoms with Crippen molar-refractivity contribution in [2.45, 2.75) is 44.4 Å². The molecule has 0 fully saturated rings. The molecule has 1 aliphatic carbocycles. The van der Waals surface area contributed by atoms with Crippen molar-refractivity contribution in [3.63, 3.8) is 0 Å². The third-order valence-electron chi connectivity index (χ3n) is 10.3. The van der Waals surface area contributed by atoms with Crippen molar-refractivity contribution < 1.29 is 0 Å². The first-order chi connectivity index (χ1) is 27.2. The van der Waals surface area contributed by atoms with Gasteiger partial charge in [-0.05, 0) is 110 Å². The van der Waals surface area contributed by atoms with Crippen LogP contribution in [0, 0.1) is 0 Å². The first kappa shape index (κ1) is 35.9. The van der Waals surface area contributed by atoms with Crippen LogP contribution in [0.15, 0.2) is 178 Å². The Labute approximate surface area is 328 Å². The lowest BCUT2D eigenvalue weighted by Crippen LogP contribution is -2.10. The standard InChI is InChI=1S/C49H37N3S.C2H6/c1-3-4-12-36-27-42-28-41(29-45-47(42)46-40(31-53-45)20-11-22-44(36)46)35-17-10-18-37(26-35)49(51-30-39-19-9-16-33-14-7-8-21-43(33)39)52-48(50-2)38-24-23-32-13-5-6-15-34(32)25-38;1-2/h3-26,28-29H,2,27,30-31H2,1H3;1-2H3/b4-3-,36-12+,51-49?,52-48?;. The van der Waals surface area contributed by atoms with Crippen molar-refractivity contribution in [2.24, 2.45) is 15.0 Å². The summed E-state index contributed by atoms with van der Waals surface area (Å²) in [5.41, 5.74) is 13.7. The normalized spacial score (nSPS) is 14.2. The highest BCUT2D eigenvalue weighted by Gasteiger charge is 2.28. The number of fused-ring (bicyclic) bond motifs is 2. The van der Waals surface area contributed by atoms with Gasteiger partial charge in [0, 0.05) is 21.8 Å². The molecule has 0 saturated heterocycles. The zero-order valence-corrected chi connectivity index (χ0v) is 32.4. The van der Waals surface area contributed by atoms with Crippen LogP contribution in [0.1, 0.15) is 54.2 Å². The van der Waals surface area contributed by atoms with E-state index >= 15 is 0 Å². The van der Waals surface area contributed by atoms with E-state index in [1.807, 2.05) is 25.6 Å². The van der Waals surface area contributed by atoms with Gasteiger partial charge >= 0.3 is 0 Å². The van der Waals surface area contributed by atoms with E-state index in [2.05, 4.69) is 176 Å². The molecular weight excluding hydrogens is 687 g/mol. The molecule has 1 aliphatic heterocycles. The Bertz CT molecular complexity index is 2710. The summed E-state index contributed by atoms with van der Waals surface area (Å²) in [5, 5.41) is 4.69. The Kier molecular flexibility index (Phi) is 10.5. The number of amidine groups is 2. The summed E-state index contributed by atoms with van der Waals surface area (Å²) in [6, 6.07) is 49.7. The number of allylic oxidation sites excluding steroid dienone is 4. The molecule has 0 bridgehead atoms. The third kappa shape index (κ3) is 7.14. The van der Waals surface area contributed by atoms with Gasteiger partial charge < -0.3 is 0 Å². The van der Waals surface area contributed by atoms with Crippen molar-refractivity contribution in [2.75, 3.05) is 0 Å². The van der Waals surface area contributed by atoms with Gasteiger partial charge in [-0.3, -0.25) is 4.99 Å². The number of hydrogen-bond donors (Lipinski definition) is 0. The minimum atomic E-state index is 0.481. The lowest BCUT2D eigenvalue weighted by atomic mass is 9.79. The minimum absolute atomic E-state index is 0.481. The van der Waals surface area contributed by atoms with E-state index in [0.29, 0.717) is 18.2 Å². The molecule has 7 aromatic rings. The van der Waals surface area contributed by atoms with Gasteiger partial charge in [0.1, 0.15) is 0 Å². The van der Waals surface area contributed by atoms with Crippen LogP contribution in [0.4, 0.5) is 0 Å². The van der Waals surface area contributed by atoms with E-state index in [1.165, 1.54) is 60.0 Å². The SMILES string of the molecule is C=NC(=NC(=NCc1cccc2ccccc12)c1cccc(-c2cc3c4c(c2)SCc2cccc(c2-4)/C(=C/C=C\C)C3)c1)c1ccc2ccccc2c1.CC. The molecule has 9 rings (SSSR count). The maximum Gasteiger partial charge on any atom is 0.161 e. The Morgan fingerprint density at radius 1 is 0.673 bits per heavy atom. The van der Waals surface area contributed by atoms with E-state index in [0.717, 1.165) is 39.8 Å². The molecule has 0 atom stereocenters. The third-order valence-corrected chi connectivity index (χ3v) is 11.4. The van der Waals surface area contributed by atoms with Crippen LogP contribution in [0.2, 0.25) is 0 Å². The lowest BCUT2D eigenvalue weighted by molar-refractivity contribution is 1.07. The number of benzene rings is 7. The number of thioether (sulfide) groups is 1. The molecule has 7 aromatic carbocycles. The fourth-order valence-corrected chi connectivity index (χ4v) is 8.86. The van der Waals surface area contributed by atoms with E-state index in [9.17, 15) is 0 Å². The molecule has 0 saturated carbocycles. The molecule has 0 spiro atoms. The number of nitrogens with zero attached hydrogens (tertiary/aromatic N) is 3. The molecule has 2 aliphatic rings. The molecule has 3 nitrogen and oxygen atoms in total. The summed E-state index contributed by atoms with van der Waals surface area (Å²) >= 11 is 1.94. The predicted octanol–water partition coefficient (Wildman–Crippen LogP) is 13.6. The van der Waals surface area contributed by atoms with Crippen LogP contribution in [-0.2, 0) is 18.7 Å². The maximum atomic E-state index is 5.22. The lowest BCUT2D eigenvalue weighted by Gasteiger charge is -2.31. The van der Waals surface area contributed by atoms with E-state index in [1.54, 1.807) is 0 Å². The average molecular weight is 730 g/mol. The Hall–Kier alpha value is -6.10. The molecule has 0 aromatic heterocycles. The average Bonchev–Trinajstić information content (AvgIpc) is 3.25. The Morgan fingerprint density at radius 3 is 2.29 bits per heavy atom. The Morgan fingerprint density at radius 2 is 1.44 bits per heavy atom. The van der Waals surface area contributed by atoms with Gasteiger partial charge in [0.25, 0.3) is 0 Å². The molecule has 0 amide bonds. The van der Waals surface area contributed by atoms with E-state index < -0.39 is 0 Å². The second-order valence-electron chi connectivity index (χ2n) is 13.5. The van der Waals surface area contributed by atoms with Gasteiger partial charge in [-0.25, -0.2) is 9.98 Å². The van der Waals surface area contributed by atoms with Crippen molar-refractivity contribution in [3.05, 3.63) is 191 Å². The molecule has 1 heterocycles. The number of aliphatic imine (C=N–C) groups is 3. The first-order valence-electron chi connectivity index (χ1n) is 19.1. The summed E-state index contributed by atoms with van der Waals surface area (Å²) in [5.74, 6) is 2.14. The summed E-state index contributed by atoms with van der Waals surface area (Å²) in [7, 11) is 0. The highest BCUT2D eigenvalue weighted by Crippen LogP contribution is 2.51. The fraction of sp³-hybridized carbons (Fsp3) is 0.118. The zero-order valence-electron chi connectivity index (χ0n) is 31.6. The van der Waals surface area contributed by atoms with Crippen LogP contribution >= 0.6 is 11.8 Å². The van der Waals surface area contributed by atoms with Crippen molar-refractivity contribution in [3.8, 4) is 22.3 Å². The van der Waals surface area contributed by atoms with Crippen LogP contribution in [-0.4, -0.2) is 18.4 Å². The van der Waals surface area contributed by atoms with Crippen molar-refractivity contribution in [1.82, 2.24) is 0 Å². The molecule has 4 heteroatoms.